The van der Waals surface area contributed by atoms with Gasteiger partial charge in [-0.3, -0.25) is 24.1 Å². The SMILES string of the molecule is COc1ccc(OC)c(C(=O)c2oc3ccc(Cl)cc3c2NC(=O)CCCN2C(=O)c3ccccc3C2=O)c1. The summed E-state index contributed by atoms with van der Waals surface area (Å²) in [6.45, 7) is 0.0739. The zero-order valence-electron chi connectivity index (χ0n) is 21.1. The van der Waals surface area contributed by atoms with Crippen LogP contribution in [0, 0.1) is 0 Å². The Bertz CT molecular complexity index is 1610. The topological polar surface area (TPSA) is 115 Å². The van der Waals surface area contributed by atoms with Gasteiger partial charge < -0.3 is 19.2 Å². The van der Waals surface area contributed by atoms with Crippen molar-refractivity contribution in [3.8, 4) is 11.5 Å². The lowest BCUT2D eigenvalue weighted by molar-refractivity contribution is -0.116. The average molecular weight is 547 g/mol. The summed E-state index contributed by atoms with van der Waals surface area (Å²) in [4.78, 5) is 52.9. The van der Waals surface area contributed by atoms with E-state index in [1.54, 1.807) is 54.6 Å². The molecule has 0 saturated heterocycles. The van der Waals surface area contributed by atoms with Crippen LogP contribution in [0.25, 0.3) is 11.0 Å². The molecule has 3 aromatic carbocycles. The van der Waals surface area contributed by atoms with Gasteiger partial charge in [-0.15, -0.1) is 0 Å². The molecule has 2 heterocycles. The number of nitrogens with zero attached hydrogens (tertiary/aromatic N) is 1. The lowest BCUT2D eigenvalue weighted by atomic mass is 10.1. The number of carbonyl (C=O) groups is 4. The number of carbonyl (C=O) groups excluding carboxylic acids is 4. The van der Waals surface area contributed by atoms with Crippen LogP contribution in [-0.2, 0) is 4.79 Å². The quantitative estimate of drug-likeness (QED) is 0.222. The van der Waals surface area contributed by atoms with E-state index in [1.165, 1.54) is 20.3 Å². The molecule has 0 bridgehead atoms. The molecule has 4 aromatic rings. The molecule has 0 saturated carbocycles. The Balaban J connectivity index is 1.37. The fourth-order valence-corrected chi connectivity index (χ4v) is 4.68. The third kappa shape index (κ3) is 4.84. The molecular formula is C29H23ClN2O7. The molecule has 0 aliphatic carbocycles. The number of hydrogen-bond donors (Lipinski definition) is 1. The van der Waals surface area contributed by atoms with Crippen LogP contribution >= 0.6 is 11.6 Å². The van der Waals surface area contributed by atoms with E-state index in [0.29, 0.717) is 38.6 Å². The van der Waals surface area contributed by atoms with E-state index in [1.807, 2.05) is 0 Å². The zero-order chi connectivity index (χ0) is 27.7. The minimum Gasteiger partial charge on any atom is -0.497 e. The second-order valence-corrected chi connectivity index (χ2v) is 9.24. The van der Waals surface area contributed by atoms with Crippen LogP contribution in [0.3, 0.4) is 0 Å². The van der Waals surface area contributed by atoms with Gasteiger partial charge in [0.15, 0.2) is 5.76 Å². The summed E-state index contributed by atoms with van der Waals surface area (Å²) in [5.41, 5.74) is 1.40. The van der Waals surface area contributed by atoms with Gasteiger partial charge in [-0.25, -0.2) is 0 Å². The Morgan fingerprint density at radius 2 is 1.67 bits per heavy atom. The van der Waals surface area contributed by atoms with E-state index in [9.17, 15) is 19.2 Å². The van der Waals surface area contributed by atoms with E-state index in [2.05, 4.69) is 5.32 Å². The first-order valence-corrected chi connectivity index (χ1v) is 12.4. The van der Waals surface area contributed by atoms with Gasteiger partial charge in [0.1, 0.15) is 17.1 Å². The van der Waals surface area contributed by atoms with Gasteiger partial charge in [-0.2, -0.15) is 0 Å². The summed E-state index contributed by atoms with van der Waals surface area (Å²) >= 11 is 6.20. The van der Waals surface area contributed by atoms with Gasteiger partial charge in [0.2, 0.25) is 11.7 Å². The first-order valence-electron chi connectivity index (χ1n) is 12.1. The summed E-state index contributed by atoms with van der Waals surface area (Å²) in [7, 11) is 2.92. The molecule has 1 aromatic heterocycles. The summed E-state index contributed by atoms with van der Waals surface area (Å²) in [5.74, 6) is -1.08. The van der Waals surface area contributed by atoms with E-state index >= 15 is 0 Å². The number of rotatable bonds is 9. The van der Waals surface area contributed by atoms with Crippen molar-refractivity contribution in [2.24, 2.45) is 0 Å². The van der Waals surface area contributed by atoms with Crippen molar-refractivity contribution in [1.82, 2.24) is 4.90 Å². The number of benzene rings is 3. The molecule has 198 valence electrons. The Morgan fingerprint density at radius 1 is 0.949 bits per heavy atom. The lowest BCUT2D eigenvalue weighted by Crippen LogP contribution is -2.31. The Morgan fingerprint density at radius 3 is 2.33 bits per heavy atom. The number of furan rings is 1. The number of hydrogen-bond acceptors (Lipinski definition) is 7. The van der Waals surface area contributed by atoms with E-state index in [4.69, 9.17) is 25.5 Å². The van der Waals surface area contributed by atoms with Gasteiger partial charge in [0.05, 0.1) is 36.6 Å². The normalized spacial score (nSPS) is 12.5. The lowest BCUT2D eigenvalue weighted by Gasteiger charge is -2.13. The predicted octanol–water partition coefficient (Wildman–Crippen LogP) is 5.35. The predicted molar refractivity (Wildman–Crippen MR) is 144 cm³/mol. The largest absolute Gasteiger partial charge is 0.497 e. The van der Waals surface area contributed by atoms with Crippen LogP contribution < -0.4 is 14.8 Å². The number of fused-ring (bicyclic) bond motifs is 2. The van der Waals surface area contributed by atoms with Crippen molar-refractivity contribution in [2.45, 2.75) is 12.8 Å². The van der Waals surface area contributed by atoms with Crippen molar-refractivity contribution in [1.29, 1.82) is 0 Å². The van der Waals surface area contributed by atoms with E-state index in [-0.39, 0.29) is 48.2 Å². The monoisotopic (exact) mass is 546 g/mol. The van der Waals surface area contributed by atoms with Crippen LogP contribution in [0.2, 0.25) is 5.02 Å². The molecule has 0 spiro atoms. The molecule has 0 radical (unpaired) electrons. The second kappa shape index (κ2) is 10.6. The maximum atomic E-state index is 13.6. The number of nitrogens with one attached hydrogen (secondary N) is 1. The molecule has 5 rings (SSSR count). The van der Waals surface area contributed by atoms with E-state index < -0.39 is 11.7 Å². The Hall–Kier alpha value is -4.63. The summed E-state index contributed by atoms with van der Waals surface area (Å²) in [6.07, 6.45) is 0.206. The summed E-state index contributed by atoms with van der Waals surface area (Å²) in [6, 6.07) is 16.2. The van der Waals surface area contributed by atoms with Crippen LogP contribution in [0.15, 0.2) is 65.1 Å². The van der Waals surface area contributed by atoms with Crippen molar-refractivity contribution in [3.05, 3.63) is 88.1 Å². The second-order valence-electron chi connectivity index (χ2n) is 8.80. The maximum Gasteiger partial charge on any atom is 0.261 e. The average Bonchev–Trinajstić information content (AvgIpc) is 3.42. The van der Waals surface area contributed by atoms with Gasteiger partial charge in [-0.05, 0) is 55.0 Å². The Kier molecular flexibility index (Phi) is 7.08. The highest BCUT2D eigenvalue weighted by atomic mass is 35.5. The minimum atomic E-state index is -0.528. The fourth-order valence-electron chi connectivity index (χ4n) is 4.51. The minimum absolute atomic E-state index is 0.0171. The first-order chi connectivity index (χ1) is 18.8. The number of halogens is 1. The third-order valence-corrected chi connectivity index (χ3v) is 6.67. The number of methoxy groups -OCH3 is 2. The van der Waals surface area contributed by atoms with Crippen molar-refractivity contribution < 1.29 is 33.1 Å². The molecule has 0 unspecified atom stereocenters. The molecule has 10 heteroatoms. The molecular weight excluding hydrogens is 524 g/mol. The van der Waals surface area contributed by atoms with Crippen molar-refractivity contribution in [3.63, 3.8) is 0 Å². The molecule has 3 amide bonds. The van der Waals surface area contributed by atoms with Gasteiger partial charge >= 0.3 is 0 Å². The van der Waals surface area contributed by atoms with Gasteiger partial charge in [-0.1, -0.05) is 23.7 Å². The van der Waals surface area contributed by atoms with Crippen molar-refractivity contribution >= 4 is 51.8 Å². The number of imide groups is 1. The molecule has 39 heavy (non-hydrogen) atoms. The fraction of sp³-hybridized carbons (Fsp3) is 0.172. The highest BCUT2D eigenvalue weighted by Gasteiger charge is 2.34. The van der Waals surface area contributed by atoms with Gasteiger partial charge in [0.25, 0.3) is 11.8 Å². The van der Waals surface area contributed by atoms with Crippen LogP contribution in [0.4, 0.5) is 5.69 Å². The zero-order valence-corrected chi connectivity index (χ0v) is 21.8. The van der Waals surface area contributed by atoms with Crippen molar-refractivity contribution in [2.75, 3.05) is 26.1 Å². The van der Waals surface area contributed by atoms with Gasteiger partial charge in [0, 0.05) is 23.4 Å². The smallest absolute Gasteiger partial charge is 0.261 e. The first kappa shape index (κ1) is 26.0. The molecule has 0 fully saturated rings. The Labute approximate surface area is 228 Å². The number of ether oxygens (including phenoxy) is 2. The van der Waals surface area contributed by atoms with Crippen LogP contribution in [0.1, 0.15) is 49.7 Å². The molecule has 1 aliphatic rings. The molecule has 1 N–H and O–H groups in total. The highest BCUT2D eigenvalue weighted by Crippen LogP contribution is 2.36. The highest BCUT2D eigenvalue weighted by molar-refractivity contribution is 6.31. The maximum absolute atomic E-state index is 13.6. The third-order valence-electron chi connectivity index (χ3n) is 6.44. The molecule has 0 atom stereocenters. The van der Waals surface area contributed by atoms with E-state index in [0.717, 1.165) is 4.90 Å². The number of amides is 3. The molecule has 9 nitrogen and oxygen atoms in total. The number of anilines is 1. The standard InChI is InChI=1S/C29H23ClN2O7/c1-37-17-10-12-22(38-2)21(15-17)26(34)27-25(20-14-16(30)9-11-23(20)39-27)31-24(33)8-5-13-32-28(35)18-6-3-4-7-19(18)29(32)36/h3-4,6-7,9-12,14-15H,5,8,13H2,1-2H3,(H,31,33). The molecule has 1 aliphatic heterocycles. The summed E-state index contributed by atoms with van der Waals surface area (Å²) in [5, 5.41) is 3.61. The van der Waals surface area contributed by atoms with Crippen LogP contribution in [0.5, 0.6) is 11.5 Å². The number of ketones is 1. The van der Waals surface area contributed by atoms with Crippen LogP contribution in [-0.4, -0.2) is 49.2 Å². The summed E-state index contributed by atoms with van der Waals surface area (Å²) < 4.78 is 16.5.